The van der Waals surface area contributed by atoms with E-state index < -0.39 is 6.09 Å². The lowest BCUT2D eigenvalue weighted by atomic mass is 9.90. The van der Waals surface area contributed by atoms with E-state index in [0.717, 1.165) is 5.56 Å². The fourth-order valence-corrected chi connectivity index (χ4v) is 2.81. The number of piperidine rings is 1. The van der Waals surface area contributed by atoms with Crippen LogP contribution in [0.25, 0.3) is 0 Å². The SMILES string of the molecule is CCC1CC(=O)CC(Cc2ccccc2)N1C(=O)O. The minimum Gasteiger partial charge on any atom is -0.465 e. The minimum atomic E-state index is -0.916. The van der Waals surface area contributed by atoms with Crippen molar-refractivity contribution in [1.82, 2.24) is 4.90 Å². The molecule has 1 fully saturated rings. The summed E-state index contributed by atoms with van der Waals surface area (Å²) in [6, 6.07) is 9.34. The molecule has 0 saturated carbocycles. The van der Waals surface area contributed by atoms with Crippen molar-refractivity contribution in [3.63, 3.8) is 0 Å². The average molecular weight is 261 g/mol. The summed E-state index contributed by atoms with van der Waals surface area (Å²) in [6.07, 6.45) is 1.06. The van der Waals surface area contributed by atoms with E-state index in [-0.39, 0.29) is 17.9 Å². The highest BCUT2D eigenvalue weighted by Crippen LogP contribution is 2.25. The van der Waals surface area contributed by atoms with Gasteiger partial charge in [-0.1, -0.05) is 37.3 Å². The van der Waals surface area contributed by atoms with Crippen LogP contribution >= 0.6 is 0 Å². The second-order valence-electron chi connectivity index (χ2n) is 5.04. The Balaban J connectivity index is 2.19. The van der Waals surface area contributed by atoms with Crippen LogP contribution in [0.2, 0.25) is 0 Å². The first-order valence-electron chi connectivity index (χ1n) is 6.68. The fraction of sp³-hybridized carbons (Fsp3) is 0.467. The number of nitrogens with zero attached hydrogens (tertiary/aromatic N) is 1. The van der Waals surface area contributed by atoms with Gasteiger partial charge in [0.1, 0.15) is 5.78 Å². The quantitative estimate of drug-likeness (QED) is 0.910. The monoisotopic (exact) mass is 261 g/mol. The summed E-state index contributed by atoms with van der Waals surface area (Å²) in [5, 5.41) is 9.39. The number of carboxylic acid groups (broad SMARTS) is 1. The third-order valence-corrected chi connectivity index (χ3v) is 3.72. The molecule has 0 bridgehead atoms. The van der Waals surface area contributed by atoms with Crippen LogP contribution in [0.4, 0.5) is 4.79 Å². The Morgan fingerprint density at radius 3 is 2.47 bits per heavy atom. The van der Waals surface area contributed by atoms with Gasteiger partial charge < -0.3 is 10.0 Å². The molecule has 0 radical (unpaired) electrons. The lowest BCUT2D eigenvalue weighted by molar-refractivity contribution is -0.124. The fourth-order valence-electron chi connectivity index (χ4n) is 2.81. The predicted octanol–water partition coefficient (Wildman–Crippen LogP) is 2.72. The Morgan fingerprint density at radius 2 is 1.89 bits per heavy atom. The number of amides is 1. The van der Waals surface area contributed by atoms with Gasteiger partial charge in [-0.15, -0.1) is 0 Å². The highest BCUT2D eigenvalue weighted by molar-refractivity contribution is 5.82. The van der Waals surface area contributed by atoms with E-state index in [1.165, 1.54) is 4.90 Å². The molecule has 2 unspecified atom stereocenters. The number of Topliss-reactive ketones (excluding diaryl/α,β-unsaturated/α-hetero) is 1. The summed E-state index contributed by atoms with van der Waals surface area (Å²) in [7, 11) is 0. The Morgan fingerprint density at radius 1 is 1.26 bits per heavy atom. The molecule has 1 N–H and O–H groups in total. The van der Waals surface area contributed by atoms with Crippen LogP contribution in [0.3, 0.4) is 0 Å². The molecule has 2 rings (SSSR count). The number of ketones is 1. The maximum Gasteiger partial charge on any atom is 0.407 e. The van der Waals surface area contributed by atoms with E-state index in [1.54, 1.807) is 0 Å². The maximum atomic E-state index is 11.8. The van der Waals surface area contributed by atoms with Crippen molar-refractivity contribution < 1.29 is 14.7 Å². The molecule has 0 spiro atoms. The summed E-state index contributed by atoms with van der Waals surface area (Å²) in [4.78, 5) is 24.7. The molecule has 1 aliphatic rings. The molecule has 1 aromatic carbocycles. The van der Waals surface area contributed by atoms with Gasteiger partial charge in [0.25, 0.3) is 0 Å². The number of hydrogen-bond acceptors (Lipinski definition) is 2. The van der Waals surface area contributed by atoms with Crippen molar-refractivity contribution in [2.24, 2.45) is 0 Å². The average Bonchev–Trinajstić information content (AvgIpc) is 2.38. The molecule has 1 aliphatic heterocycles. The lowest BCUT2D eigenvalue weighted by Crippen LogP contribution is -2.52. The molecule has 2 atom stereocenters. The van der Waals surface area contributed by atoms with Gasteiger partial charge in [0, 0.05) is 24.9 Å². The van der Waals surface area contributed by atoms with Crippen LogP contribution in [0.15, 0.2) is 30.3 Å². The molecule has 1 heterocycles. The maximum absolute atomic E-state index is 11.8. The predicted molar refractivity (Wildman–Crippen MR) is 72.1 cm³/mol. The first-order chi connectivity index (χ1) is 9.11. The van der Waals surface area contributed by atoms with Gasteiger partial charge in [-0.2, -0.15) is 0 Å². The van der Waals surface area contributed by atoms with Crippen molar-refractivity contribution in [3.8, 4) is 0 Å². The summed E-state index contributed by atoms with van der Waals surface area (Å²) in [5.74, 6) is 0.172. The third kappa shape index (κ3) is 3.13. The van der Waals surface area contributed by atoms with E-state index in [0.29, 0.717) is 25.7 Å². The summed E-state index contributed by atoms with van der Waals surface area (Å²) in [6.45, 7) is 1.93. The summed E-state index contributed by atoms with van der Waals surface area (Å²) in [5.41, 5.74) is 1.07. The van der Waals surface area contributed by atoms with Crippen LogP contribution in [-0.4, -0.2) is 34.0 Å². The largest absolute Gasteiger partial charge is 0.465 e. The van der Waals surface area contributed by atoms with Crippen LogP contribution in [0.1, 0.15) is 31.7 Å². The Labute approximate surface area is 113 Å². The third-order valence-electron chi connectivity index (χ3n) is 3.72. The van der Waals surface area contributed by atoms with E-state index in [9.17, 15) is 14.7 Å². The Bertz CT molecular complexity index is 458. The number of benzene rings is 1. The highest BCUT2D eigenvalue weighted by atomic mass is 16.4. The molecular weight excluding hydrogens is 242 g/mol. The van der Waals surface area contributed by atoms with Gasteiger partial charge in [-0.25, -0.2) is 4.79 Å². The number of likely N-dealkylation sites (tertiary alicyclic amines) is 1. The Hall–Kier alpha value is -1.84. The van der Waals surface area contributed by atoms with Gasteiger partial charge in [-0.3, -0.25) is 4.79 Å². The van der Waals surface area contributed by atoms with Crippen molar-refractivity contribution in [2.75, 3.05) is 0 Å². The summed E-state index contributed by atoms with van der Waals surface area (Å²) >= 11 is 0. The molecule has 1 saturated heterocycles. The topological polar surface area (TPSA) is 57.6 Å². The molecule has 1 aromatic rings. The number of rotatable bonds is 3. The molecule has 1 amide bonds. The smallest absolute Gasteiger partial charge is 0.407 e. The highest BCUT2D eigenvalue weighted by Gasteiger charge is 2.36. The Kier molecular flexibility index (Phi) is 4.20. The van der Waals surface area contributed by atoms with E-state index in [2.05, 4.69) is 0 Å². The first kappa shape index (κ1) is 13.6. The normalized spacial score (nSPS) is 23.4. The van der Waals surface area contributed by atoms with Crippen LogP contribution in [0, 0.1) is 0 Å². The van der Waals surface area contributed by atoms with Gasteiger partial charge in [0.05, 0.1) is 0 Å². The standard InChI is InChI=1S/C15H19NO3/c1-2-12-9-14(17)10-13(16(12)15(18)19)8-11-6-4-3-5-7-11/h3-7,12-13H,2,8-10H2,1H3,(H,18,19). The van der Waals surface area contributed by atoms with E-state index in [4.69, 9.17) is 0 Å². The molecule has 19 heavy (non-hydrogen) atoms. The zero-order valence-electron chi connectivity index (χ0n) is 11.1. The van der Waals surface area contributed by atoms with Crippen molar-refractivity contribution in [3.05, 3.63) is 35.9 Å². The van der Waals surface area contributed by atoms with Crippen LogP contribution in [-0.2, 0) is 11.2 Å². The molecular formula is C15H19NO3. The summed E-state index contributed by atoms with van der Waals surface area (Å²) < 4.78 is 0. The van der Waals surface area contributed by atoms with Crippen molar-refractivity contribution in [2.45, 2.75) is 44.7 Å². The lowest BCUT2D eigenvalue weighted by Gasteiger charge is -2.39. The van der Waals surface area contributed by atoms with Crippen molar-refractivity contribution >= 4 is 11.9 Å². The number of hydrogen-bond donors (Lipinski definition) is 1. The number of carbonyl (C=O) groups is 2. The molecule has 0 aliphatic carbocycles. The molecule has 4 nitrogen and oxygen atoms in total. The zero-order chi connectivity index (χ0) is 13.8. The molecule has 4 heteroatoms. The van der Waals surface area contributed by atoms with E-state index in [1.807, 2.05) is 37.3 Å². The van der Waals surface area contributed by atoms with Crippen LogP contribution < -0.4 is 0 Å². The first-order valence-corrected chi connectivity index (χ1v) is 6.68. The second kappa shape index (κ2) is 5.87. The minimum absolute atomic E-state index is 0.172. The van der Waals surface area contributed by atoms with Gasteiger partial charge in [-0.05, 0) is 18.4 Å². The molecule has 102 valence electrons. The van der Waals surface area contributed by atoms with Gasteiger partial charge in [0.2, 0.25) is 0 Å². The second-order valence-corrected chi connectivity index (χ2v) is 5.04. The zero-order valence-corrected chi connectivity index (χ0v) is 11.1. The van der Waals surface area contributed by atoms with Gasteiger partial charge >= 0.3 is 6.09 Å². The van der Waals surface area contributed by atoms with E-state index >= 15 is 0 Å². The van der Waals surface area contributed by atoms with Gasteiger partial charge in [0.15, 0.2) is 0 Å². The van der Waals surface area contributed by atoms with Crippen molar-refractivity contribution in [1.29, 1.82) is 0 Å². The molecule has 0 aromatic heterocycles. The van der Waals surface area contributed by atoms with Crippen LogP contribution in [0.5, 0.6) is 0 Å². The number of carbonyl (C=O) groups excluding carboxylic acids is 1.